The minimum atomic E-state index is 0.250. The molecule has 32 heavy (non-hydrogen) atoms. The van der Waals surface area contributed by atoms with E-state index in [-0.39, 0.29) is 6.10 Å². The van der Waals surface area contributed by atoms with Gasteiger partial charge in [-0.05, 0) is 63.8 Å². The zero-order chi connectivity index (χ0) is 22.2. The minimum absolute atomic E-state index is 0.250. The second-order valence-electron chi connectivity index (χ2n) is 9.62. The van der Waals surface area contributed by atoms with Gasteiger partial charge in [-0.25, -0.2) is 9.98 Å². The van der Waals surface area contributed by atoms with Crippen LogP contribution in [-0.2, 0) is 11.3 Å². The van der Waals surface area contributed by atoms with Crippen molar-refractivity contribution in [2.75, 3.05) is 44.2 Å². The molecule has 7 heteroatoms. The topological polar surface area (TPSA) is 65.0 Å². The average molecular weight is 443 g/mol. The van der Waals surface area contributed by atoms with Gasteiger partial charge in [0.05, 0.1) is 19.3 Å². The quantitative estimate of drug-likeness (QED) is 0.521. The maximum atomic E-state index is 5.67. The van der Waals surface area contributed by atoms with Crippen LogP contribution in [0.1, 0.15) is 64.4 Å². The lowest BCUT2D eigenvalue weighted by molar-refractivity contribution is 0.0529. The maximum Gasteiger partial charge on any atom is 0.191 e. The Hall–Kier alpha value is -1.86. The molecule has 2 saturated heterocycles. The largest absolute Gasteiger partial charge is 0.375 e. The number of rotatable bonds is 6. The van der Waals surface area contributed by atoms with Gasteiger partial charge in [-0.15, -0.1) is 0 Å². The lowest BCUT2D eigenvalue weighted by Crippen LogP contribution is -2.53. The van der Waals surface area contributed by atoms with Crippen LogP contribution in [-0.4, -0.2) is 73.4 Å². The summed E-state index contributed by atoms with van der Waals surface area (Å²) in [7, 11) is 0. The molecule has 2 N–H and O–H groups in total. The number of nitrogens with zero attached hydrogens (tertiary/aromatic N) is 4. The van der Waals surface area contributed by atoms with Gasteiger partial charge in [0.2, 0.25) is 0 Å². The van der Waals surface area contributed by atoms with Crippen molar-refractivity contribution in [3.63, 3.8) is 0 Å². The normalized spacial score (nSPS) is 26.2. The highest BCUT2D eigenvalue weighted by molar-refractivity contribution is 5.80. The van der Waals surface area contributed by atoms with E-state index in [1.54, 1.807) is 0 Å². The Morgan fingerprint density at radius 3 is 2.84 bits per heavy atom. The first-order chi connectivity index (χ1) is 15.7. The van der Waals surface area contributed by atoms with Crippen LogP contribution in [0.15, 0.2) is 23.3 Å². The van der Waals surface area contributed by atoms with E-state index in [0.29, 0.717) is 12.6 Å². The third-order valence-electron chi connectivity index (χ3n) is 7.02. The van der Waals surface area contributed by atoms with Gasteiger partial charge in [0, 0.05) is 44.5 Å². The van der Waals surface area contributed by atoms with Gasteiger partial charge in [0.1, 0.15) is 5.82 Å². The number of aromatic nitrogens is 1. The Morgan fingerprint density at radius 2 is 2.03 bits per heavy atom. The van der Waals surface area contributed by atoms with Crippen molar-refractivity contribution in [3.8, 4) is 0 Å². The fraction of sp³-hybridized carbons (Fsp3) is 0.760. The minimum Gasteiger partial charge on any atom is -0.375 e. The van der Waals surface area contributed by atoms with Crippen molar-refractivity contribution in [1.82, 2.24) is 20.5 Å². The standard InChI is InChI=1S/C25H42N6O/c1-3-26-25(29-22-8-7-13-30(19-22)23-9-5-4-6-10-23)28-17-21-11-12-27-24(16-21)31-14-15-32-20(2)18-31/h11-12,16,20,22-23H,3-10,13-15,17-19H2,1-2H3,(H2,26,28,29). The van der Waals surface area contributed by atoms with Gasteiger partial charge in [0.25, 0.3) is 0 Å². The number of pyridine rings is 1. The summed E-state index contributed by atoms with van der Waals surface area (Å²) < 4.78 is 5.67. The van der Waals surface area contributed by atoms with Gasteiger partial charge in [0.15, 0.2) is 5.96 Å². The number of guanidine groups is 1. The number of piperidine rings is 1. The summed E-state index contributed by atoms with van der Waals surface area (Å²) in [5.74, 6) is 1.96. The molecule has 3 aliphatic rings. The first-order valence-electron chi connectivity index (χ1n) is 12.8. The Balaban J connectivity index is 1.35. The zero-order valence-electron chi connectivity index (χ0n) is 20.1. The molecule has 2 unspecified atom stereocenters. The first-order valence-corrected chi connectivity index (χ1v) is 12.8. The van der Waals surface area contributed by atoms with Crippen molar-refractivity contribution in [1.29, 1.82) is 0 Å². The molecule has 7 nitrogen and oxygen atoms in total. The van der Waals surface area contributed by atoms with Crippen LogP contribution in [0.5, 0.6) is 0 Å². The number of anilines is 1. The molecule has 0 bridgehead atoms. The van der Waals surface area contributed by atoms with Gasteiger partial charge >= 0.3 is 0 Å². The van der Waals surface area contributed by atoms with Crippen molar-refractivity contribution < 1.29 is 4.74 Å². The van der Waals surface area contributed by atoms with E-state index in [4.69, 9.17) is 9.73 Å². The second kappa shape index (κ2) is 11.8. The Bertz CT molecular complexity index is 735. The van der Waals surface area contributed by atoms with E-state index < -0.39 is 0 Å². The third kappa shape index (κ3) is 6.58. The molecule has 3 heterocycles. The predicted octanol–water partition coefficient (Wildman–Crippen LogP) is 3.16. The fourth-order valence-corrected chi connectivity index (χ4v) is 5.34. The number of aliphatic imine (C=N–C) groups is 1. The highest BCUT2D eigenvalue weighted by Crippen LogP contribution is 2.25. The Kier molecular flexibility index (Phi) is 8.62. The number of hydrogen-bond donors (Lipinski definition) is 2. The van der Waals surface area contributed by atoms with Crippen LogP contribution < -0.4 is 15.5 Å². The van der Waals surface area contributed by atoms with E-state index in [2.05, 4.69) is 51.4 Å². The van der Waals surface area contributed by atoms with Crippen molar-refractivity contribution in [2.45, 2.75) is 83.5 Å². The van der Waals surface area contributed by atoms with Gasteiger partial charge < -0.3 is 20.3 Å². The summed E-state index contributed by atoms with van der Waals surface area (Å²) in [5.41, 5.74) is 1.19. The molecular weight excluding hydrogens is 400 g/mol. The van der Waals surface area contributed by atoms with Gasteiger partial charge in [-0.3, -0.25) is 4.90 Å². The average Bonchev–Trinajstić information content (AvgIpc) is 2.84. The lowest BCUT2D eigenvalue weighted by atomic mass is 9.92. The van der Waals surface area contributed by atoms with Gasteiger partial charge in [-0.2, -0.15) is 0 Å². The summed E-state index contributed by atoms with van der Waals surface area (Å²) in [4.78, 5) is 14.6. The van der Waals surface area contributed by atoms with E-state index >= 15 is 0 Å². The first kappa shape index (κ1) is 23.3. The van der Waals surface area contributed by atoms with E-state index in [1.165, 1.54) is 57.1 Å². The molecule has 0 aromatic carbocycles. The van der Waals surface area contributed by atoms with Crippen LogP contribution in [0.4, 0.5) is 5.82 Å². The van der Waals surface area contributed by atoms with Crippen LogP contribution in [0, 0.1) is 0 Å². The zero-order valence-corrected chi connectivity index (χ0v) is 20.1. The Labute approximate surface area is 194 Å². The fourth-order valence-electron chi connectivity index (χ4n) is 5.34. The highest BCUT2D eigenvalue weighted by Gasteiger charge is 2.27. The Morgan fingerprint density at radius 1 is 1.16 bits per heavy atom. The number of hydrogen-bond acceptors (Lipinski definition) is 5. The van der Waals surface area contributed by atoms with Crippen molar-refractivity contribution >= 4 is 11.8 Å². The summed E-state index contributed by atoms with van der Waals surface area (Å²) in [5, 5.41) is 7.19. The predicted molar refractivity (Wildman–Crippen MR) is 131 cm³/mol. The van der Waals surface area contributed by atoms with E-state index in [9.17, 15) is 0 Å². The van der Waals surface area contributed by atoms with Crippen LogP contribution in [0.2, 0.25) is 0 Å². The SMILES string of the molecule is CCNC(=NCc1ccnc(N2CCOC(C)C2)c1)NC1CCCN(C2CCCCC2)C1. The molecule has 1 aromatic rings. The van der Waals surface area contributed by atoms with Crippen molar-refractivity contribution in [2.24, 2.45) is 4.99 Å². The molecular formula is C25H42N6O. The number of likely N-dealkylation sites (tertiary alicyclic amines) is 1. The monoisotopic (exact) mass is 442 g/mol. The molecule has 2 aliphatic heterocycles. The second-order valence-corrected chi connectivity index (χ2v) is 9.62. The third-order valence-corrected chi connectivity index (χ3v) is 7.02. The van der Waals surface area contributed by atoms with Crippen LogP contribution >= 0.6 is 0 Å². The molecule has 1 aromatic heterocycles. The smallest absolute Gasteiger partial charge is 0.191 e. The molecule has 4 rings (SSSR count). The molecule has 2 atom stereocenters. The summed E-state index contributed by atoms with van der Waals surface area (Å²) in [6.07, 6.45) is 11.7. The lowest BCUT2D eigenvalue weighted by Gasteiger charge is -2.40. The van der Waals surface area contributed by atoms with E-state index in [0.717, 1.165) is 50.6 Å². The molecule has 0 spiro atoms. The summed E-state index contributed by atoms with van der Waals surface area (Å²) in [6.45, 7) is 10.7. The molecule has 3 fully saturated rings. The molecule has 1 saturated carbocycles. The molecule has 1 aliphatic carbocycles. The van der Waals surface area contributed by atoms with Gasteiger partial charge in [-0.1, -0.05) is 19.3 Å². The number of morpholine rings is 1. The molecule has 178 valence electrons. The summed E-state index contributed by atoms with van der Waals surface area (Å²) in [6, 6.07) is 5.53. The number of ether oxygens (including phenoxy) is 1. The maximum absolute atomic E-state index is 5.67. The number of nitrogens with one attached hydrogen (secondary N) is 2. The van der Waals surface area contributed by atoms with Crippen LogP contribution in [0.25, 0.3) is 0 Å². The van der Waals surface area contributed by atoms with Crippen molar-refractivity contribution in [3.05, 3.63) is 23.9 Å². The molecule has 0 amide bonds. The van der Waals surface area contributed by atoms with Crippen LogP contribution in [0.3, 0.4) is 0 Å². The summed E-state index contributed by atoms with van der Waals surface area (Å²) >= 11 is 0. The highest BCUT2D eigenvalue weighted by atomic mass is 16.5. The molecule has 0 radical (unpaired) electrons. The van der Waals surface area contributed by atoms with E-state index in [1.807, 2.05) is 6.20 Å².